The van der Waals surface area contributed by atoms with Crippen molar-refractivity contribution in [2.75, 3.05) is 25.0 Å². The van der Waals surface area contributed by atoms with Crippen LogP contribution in [0.3, 0.4) is 0 Å². The summed E-state index contributed by atoms with van der Waals surface area (Å²) in [6.45, 7) is 2.30. The van der Waals surface area contributed by atoms with Gasteiger partial charge in [-0.05, 0) is 36.3 Å². The molecule has 4 heteroatoms. The maximum atomic E-state index is 12.8. The van der Waals surface area contributed by atoms with Crippen LogP contribution in [-0.2, 0) is 13.0 Å². The summed E-state index contributed by atoms with van der Waals surface area (Å²) in [5.74, 6) is 0.624. The third-order valence-corrected chi connectivity index (χ3v) is 4.46. The highest BCUT2D eigenvalue weighted by Crippen LogP contribution is 2.30. The Morgan fingerprint density at radius 1 is 1.30 bits per heavy atom. The van der Waals surface area contributed by atoms with Crippen LogP contribution in [0.1, 0.15) is 30.4 Å². The molecule has 0 bridgehead atoms. The first-order valence-corrected chi connectivity index (χ1v) is 7.57. The molecule has 110 valence electrons. The van der Waals surface area contributed by atoms with Gasteiger partial charge >= 0.3 is 0 Å². The van der Waals surface area contributed by atoms with Crippen molar-refractivity contribution >= 4 is 5.69 Å². The second-order valence-electron chi connectivity index (χ2n) is 6.01. The number of benzene rings is 1. The van der Waals surface area contributed by atoms with Gasteiger partial charge in [0, 0.05) is 25.3 Å². The lowest BCUT2D eigenvalue weighted by molar-refractivity contribution is 0.0667. The number of nitrogens with one attached hydrogen (secondary N) is 1. The summed E-state index contributed by atoms with van der Waals surface area (Å²) >= 11 is 0. The van der Waals surface area contributed by atoms with E-state index in [2.05, 4.69) is 17.4 Å². The minimum absolute atomic E-state index is 0.111. The Labute approximate surface area is 119 Å². The molecule has 1 saturated carbocycles. The fourth-order valence-corrected chi connectivity index (χ4v) is 3.22. The molecule has 1 aliphatic heterocycles. The molecular weight excluding hydrogens is 258 g/mol. The number of hydrogen-bond donors (Lipinski definition) is 1. The highest BCUT2D eigenvalue weighted by Gasteiger charge is 2.24. The summed E-state index contributed by atoms with van der Waals surface area (Å²) < 4.78 is 25.6. The van der Waals surface area contributed by atoms with Gasteiger partial charge in [0.1, 0.15) is 0 Å². The minimum Gasteiger partial charge on any atom is -0.384 e. The average molecular weight is 280 g/mol. The Hall–Kier alpha value is -1.16. The van der Waals surface area contributed by atoms with E-state index in [1.165, 1.54) is 36.1 Å². The molecule has 0 aromatic heterocycles. The molecule has 0 spiro atoms. The number of fused-ring (bicyclic) bond motifs is 1. The summed E-state index contributed by atoms with van der Waals surface area (Å²) in [5, 5.41) is 3.39. The Kier molecular flexibility index (Phi) is 4.20. The maximum Gasteiger partial charge on any atom is 0.251 e. The number of nitrogens with zero attached hydrogens (tertiary/aromatic N) is 1. The van der Waals surface area contributed by atoms with E-state index in [-0.39, 0.29) is 6.54 Å². The first-order valence-electron chi connectivity index (χ1n) is 7.57. The molecule has 3 rings (SSSR count). The lowest BCUT2D eigenvalue weighted by atomic mass is 9.85. The van der Waals surface area contributed by atoms with Gasteiger partial charge in [-0.3, -0.25) is 4.90 Å². The van der Waals surface area contributed by atoms with Gasteiger partial charge in [-0.2, -0.15) is 0 Å². The molecule has 1 aromatic carbocycles. The van der Waals surface area contributed by atoms with Crippen LogP contribution in [0.5, 0.6) is 0 Å². The van der Waals surface area contributed by atoms with E-state index in [9.17, 15) is 8.78 Å². The van der Waals surface area contributed by atoms with Crippen molar-refractivity contribution < 1.29 is 8.78 Å². The fourth-order valence-electron chi connectivity index (χ4n) is 3.22. The van der Waals surface area contributed by atoms with Gasteiger partial charge in [-0.1, -0.05) is 24.6 Å². The maximum absolute atomic E-state index is 12.8. The molecule has 0 amide bonds. The van der Waals surface area contributed by atoms with Crippen molar-refractivity contribution in [3.05, 3.63) is 29.3 Å². The van der Waals surface area contributed by atoms with Crippen LogP contribution < -0.4 is 5.32 Å². The minimum atomic E-state index is -2.25. The van der Waals surface area contributed by atoms with Crippen molar-refractivity contribution in [1.29, 1.82) is 0 Å². The number of para-hydroxylation sites is 1. The van der Waals surface area contributed by atoms with Crippen molar-refractivity contribution in [3.8, 4) is 0 Å². The van der Waals surface area contributed by atoms with Crippen LogP contribution in [0.15, 0.2) is 18.2 Å². The first-order chi connectivity index (χ1) is 9.72. The van der Waals surface area contributed by atoms with Crippen LogP contribution in [0.25, 0.3) is 0 Å². The van der Waals surface area contributed by atoms with Crippen molar-refractivity contribution in [2.45, 2.75) is 38.7 Å². The predicted molar refractivity (Wildman–Crippen MR) is 77.3 cm³/mol. The Morgan fingerprint density at radius 2 is 2.15 bits per heavy atom. The summed E-state index contributed by atoms with van der Waals surface area (Å²) in [5.41, 5.74) is 3.67. The van der Waals surface area contributed by atoms with Crippen molar-refractivity contribution in [1.82, 2.24) is 4.90 Å². The van der Waals surface area contributed by atoms with Crippen LogP contribution in [0.2, 0.25) is 0 Å². The van der Waals surface area contributed by atoms with E-state index >= 15 is 0 Å². The molecule has 1 N–H and O–H groups in total. The molecule has 20 heavy (non-hydrogen) atoms. The van der Waals surface area contributed by atoms with E-state index < -0.39 is 6.43 Å². The molecule has 0 radical (unpaired) electrons. The monoisotopic (exact) mass is 280 g/mol. The standard InChI is InChI=1S/C16H22F2N2/c17-15(18)11-20(9-12-3-1-4-12)10-14-6-2-5-13-7-8-19-16(13)14/h2,5-6,12,15,19H,1,3-4,7-11H2. The number of anilines is 1. The van der Waals surface area contributed by atoms with Gasteiger partial charge < -0.3 is 5.32 Å². The van der Waals surface area contributed by atoms with Gasteiger partial charge in [-0.25, -0.2) is 8.78 Å². The first kappa shape index (κ1) is 13.8. The third-order valence-electron chi connectivity index (χ3n) is 4.46. The number of rotatable bonds is 6. The van der Waals surface area contributed by atoms with E-state index in [1.807, 2.05) is 11.0 Å². The predicted octanol–water partition coefficient (Wildman–Crippen LogP) is 3.52. The third kappa shape index (κ3) is 3.11. The highest BCUT2D eigenvalue weighted by atomic mass is 19.3. The van der Waals surface area contributed by atoms with Crippen LogP contribution >= 0.6 is 0 Å². The highest BCUT2D eigenvalue weighted by molar-refractivity contribution is 5.61. The molecule has 1 fully saturated rings. The second-order valence-corrected chi connectivity index (χ2v) is 6.01. The summed E-state index contributed by atoms with van der Waals surface area (Å²) in [6.07, 6.45) is 2.45. The average Bonchev–Trinajstić information content (AvgIpc) is 2.82. The molecular formula is C16H22F2N2. The Balaban J connectivity index is 1.70. The van der Waals surface area contributed by atoms with Crippen LogP contribution in [0.4, 0.5) is 14.5 Å². The Bertz CT molecular complexity index is 458. The topological polar surface area (TPSA) is 15.3 Å². The van der Waals surface area contributed by atoms with E-state index in [1.54, 1.807) is 0 Å². The largest absolute Gasteiger partial charge is 0.384 e. The summed E-state index contributed by atoms with van der Waals surface area (Å²) in [6, 6.07) is 6.24. The van der Waals surface area contributed by atoms with E-state index in [4.69, 9.17) is 0 Å². The summed E-state index contributed by atoms with van der Waals surface area (Å²) in [4.78, 5) is 1.93. The quantitative estimate of drug-likeness (QED) is 0.857. The SMILES string of the molecule is FC(F)CN(Cc1cccc2c1NCC2)CC1CCC1. The van der Waals surface area contributed by atoms with Gasteiger partial charge in [0.2, 0.25) is 0 Å². The van der Waals surface area contributed by atoms with Gasteiger partial charge in [0.15, 0.2) is 0 Å². The number of hydrogen-bond acceptors (Lipinski definition) is 2. The molecule has 2 nitrogen and oxygen atoms in total. The van der Waals surface area contributed by atoms with Crippen LogP contribution in [-0.4, -0.2) is 31.0 Å². The lowest BCUT2D eigenvalue weighted by Crippen LogP contribution is -2.35. The smallest absolute Gasteiger partial charge is 0.251 e. The van der Waals surface area contributed by atoms with Gasteiger partial charge in [0.25, 0.3) is 6.43 Å². The van der Waals surface area contributed by atoms with Crippen molar-refractivity contribution in [2.24, 2.45) is 5.92 Å². The normalized spacial score (nSPS) is 18.2. The zero-order valence-corrected chi connectivity index (χ0v) is 11.7. The van der Waals surface area contributed by atoms with Gasteiger partial charge in [0.05, 0.1) is 6.54 Å². The van der Waals surface area contributed by atoms with Crippen LogP contribution in [0, 0.1) is 5.92 Å². The molecule has 1 aliphatic carbocycles. The second kappa shape index (κ2) is 6.08. The molecule has 0 atom stereocenters. The van der Waals surface area contributed by atoms with Gasteiger partial charge in [-0.15, -0.1) is 0 Å². The van der Waals surface area contributed by atoms with E-state index in [0.717, 1.165) is 19.5 Å². The number of alkyl halides is 2. The molecule has 1 heterocycles. The van der Waals surface area contributed by atoms with Crippen molar-refractivity contribution in [3.63, 3.8) is 0 Å². The summed E-state index contributed by atoms with van der Waals surface area (Å²) in [7, 11) is 0. The molecule has 0 unspecified atom stereocenters. The fraction of sp³-hybridized carbons (Fsp3) is 0.625. The molecule has 0 saturated heterocycles. The Morgan fingerprint density at radius 3 is 2.85 bits per heavy atom. The zero-order valence-electron chi connectivity index (χ0n) is 11.7. The van der Waals surface area contributed by atoms with E-state index in [0.29, 0.717) is 12.5 Å². The zero-order chi connectivity index (χ0) is 13.9. The molecule has 2 aliphatic rings. The lowest BCUT2D eigenvalue weighted by Gasteiger charge is -2.32. The number of halogens is 2. The molecule has 1 aromatic rings.